The van der Waals surface area contributed by atoms with E-state index in [9.17, 15) is 57.5 Å². The summed E-state index contributed by atoms with van der Waals surface area (Å²) >= 11 is 5.65. The number of unbranched alkanes of at least 4 members (excludes halogenated alkanes) is 3. The van der Waals surface area contributed by atoms with Gasteiger partial charge in [-0.2, -0.15) is 5.10 Å². The molecule has 8 aliphatic rings. The number of piperidine rings is 4. The van der Waals surface area contributed by atoms with Crippen LogP contribution in [0.4, 0.5) is 0 Å². The topological polar surface area (TPSA) is 319 Å². The number of amides is 12. The van der Waals surface area contributed by atoms with E-state index in [1.807, 2.05) is 81.1 Å². The molecular weight excluding hydrogens is 1530 g/mol. The highest BCUT2D eigenvalue weighted by molar-refractivity contribution is 14.1. The fraction of sp³-hybridized carbons (Fsp3) is 0.321. The summed E-state index contributed by atoms with van der Waals surface area (Å²) in [5.41, 5.74) is 8.90. The number of terminal acetylenes is 1. The Balaban J connectivity index is 0.000000134. The molecule has 26 nitrogen and oxygen atoms in total. The monoisotopic (exact) mass is 1600 g/mol. The number of halogens is 2. The van der Waals surface area contributed by atoms with E-state index in [4.69, 9.17) is 6.42 Å². The van der Waals surface area contributed by atoms with Gasteiger partial charge in [0.15, 0.2) is 0 Å². The molecule has 11 heterocycles. The first-order chi connectivity index (χ1) is 51.3. The summed E-state index contributed by atoms with van der Waals surface area (Å²) in [6, 6.07) is 19.5. The van der Waals surface area contributed by atoms with Crippen molar-refractivity contribution >= 4 is 109 Å². The van der Waals surface area contributed by atoms with E-state index in [0.717, 1.165) is 98.7 Å². The maximum Gasteiger partial charge on any atom is 0.255 e. The molecule has 4 unspecified atom stereocenters. The van der Waals surface area contributed by atoms with Crippen LogP contribution in [0.1, 0.15) is 176 Å². The molecule has 15 rings (SSSR count). The maximum absolute atomic E-state index is 12.8. The van der Waals surface area contributed by atoms with Crippen LogP contribution in [0.3, 0.4) is 0 Å². The van der Waals surface area contributed by atoms with Gasteiger partial charge in [-0.05, 0) is 144 Å². The van der Waals surface area contributed by atoms with Crippen molar-refractivity contribution in [3.8, 4) is 47.9 Å². The smallest absolute Gasteiger partial charge is 0.255 e. The number of aromatic nitrogens is 6. The van der Waals surface area contributed by atoms with Gasteiger partial charge in [-0.1, -0.05) is 75.7 Å². The number of rotatable bonds is 13. The normalized spacial score (nSPS) is 19.0. The zero-order valence-corrected chi connectivity index (χ0v) is 61.1. The third kappa shape index (κ3) is 17.3. The van der Waals surface area contributed by atoms with Crippen LogP contribution in [-0.2, 0) is 84.2 Å². The van der Waals surface area contributed by atoms with Crippen LogP contribution in [0.25, 0.3) is 0 Å². The Labute approximate surface area is 631 Å². The van der Waals surface area contributed by atoms with E-state index in [1.165, 1.54) is 4.90 Å². The third-order valence-electron chi connectivity index (χ3n) is 19.0. The molecule has 4 aromatic carbocycles. The number of nitrogens with zero attached hydrogens (tertiary/aromatic N) is 10. The number of imide groups is 4. The van der Waals surface area contributed by atoms with E-state index in [0.29, 0.717) is 86.2 Å². The van der Waals surface area contributed by atoms with Crippen molar-refractivity contribution in [2.24, 2.45) is 0 Å². The average molecular weight is 1600 g/mol. The minimum Gasteiger partial charge on any atom is -0.337 e. The number of nitrogens with one attached hydrogen (secondary N) is 4. The summed E-state index contributed by atoms with van der Waals surface area (Å²) in [5.74, 6) is 18.2. The molecule has 0 bridgehead atoms. The summed E-state index contributed by atoms with van der Waals surface area (Å²) in [6.07, 6.45) is 25.4. The lowest BCUT2D eigenvalue weighted by Gasteiger charge is -2.29. The number of hydrogen-bond acceptors (Lipinski definition) is 15. The summed E-state index contributed by atoms with van der Waals surface area (Å²) < 4.78 is 7.83. The highest BCUT2D eigenvalue weighted by Crippen LogP contribution is 2.35. The Morgan fingerprint density at radius 2 is 0.849 bits per heavy atom. The van der Waals surface area contributed by atoms with Crippen molar-refractivity contribution < 1.29 is 57.5 Å². The second-order valence-corrected chi connectivity index (χ2v) is 28.0. The van der Waals surface area contributed by atoms with E-state index >= 15 is 0 Å². The second-order valence-electron chi connectivity index (χ2n) is 25.9. The molecule has 0 spiro atoms. The number of carbonyl (C=O) groups is 12. The van der Waals surface area contributed by atoms with E-state index < -0.39 is 41.9 Å². The predicted molar refractivity (Wildman–Crippen MR) is 393 cm³/mol. The largest absolute Gasteiger partial charge is 0.337 e. The van der Waals surface area contributed by atoms with Crippen molar-refractivity contribution in [3.63, 3.8) is 0 Å². The van der Waals surface area contributed by atoms with Gasteiger partial charge in [-0.25, -0.2) is 9.97 Å². The molecule has 0 radical (unpaired) electrons. The van der Waals surface area contributed by atoms with Gasteiger partial charge in [0.2, 0.25) is 47.3 Å². The molecule has 12 amide bonds. The highest BCUT2D eigenvalue weighted by atomic mass is 127. The molecule has 0 saturated carbocycles. The van der Waals surface area contributed by atoms with Crippen molar-refractivity contribution in [3.05, 3.63) is 191 Å². The van der Waals surface area contributed by atoms with Crippen molar-refractivity contribution in [1.82, 2.24) is 69.7 Å². The number of hydrogen-bond donors (Lipinski definition) is 4. The molecule has 106 heavy (non-hydrogen) atoms. The molecule has 8 aliphatic heterocycles. The lowest BCUT2D eigenvalue weighted by Crippen LogP contribution is -2.52. The summed E-state index contributed by atoms with van der Waals surface area (Å²) in [7, 11) is 0. The number of carbonyl (C=O) groups excluding carboxylic acids is 12. The van der Waals surface area contributed by atoms with Crippen molar-refractivity contribution in [2.75, 3.05) is 0 Å². The van der Waals surface area contributed by atoms with Gasteiger partial charge in [0.25, 0.3) is 23.6 Å². The average Bonchev–Trinajstić information content (AvgIpc) is 1.65. The number of imidazole rings is 2. The maximum atomic E-state index is 12.8. The molecule has 28 heteroatoms. The Morgan fingerprint density at radius 3 is 1.20 bits per heavy atom. The van der Waals surface area contributed by atoms with Gasteiger partial charge in [0, 0.05) is 159 Å². The SMILES string of the molecule is C#Cc1cn(CCCC#Cc2cccc3c2CN(C2CCC(=O)NC2=O)C3=O)cn1.O=C1CCC(N2Cc3c(Br)cccc3C2=O)C(=O)N1.O=C1CCC(N2Cc3c(C#CCCCn4cc(I)cn4)cccc3C2=O)C(=O)N1.O=C1CCC(N2Cc3c(C#CCCCn4ccnc4)cccc3C2=O)C(=O)N1. The number of aryl methyl sites for hydroxylation is 3. The first-order valence-electron chi connectivity index (χ1n) is 34.6. The van der Waals surface area contributed by atoms with Gasteiger partial charge in [-0.3, -0.25) is 83.5 Å². The van der Waals surface area contributed by atoms with Crippen LogP contribution in [0.15, 0.2) is 121 Å². The molecule has 4 fully saturated rings. The lowest BCUT2D eigenvalue weighted by atomic mass is 10.0. The fourth-order valence-electron chi connectivity index (χ4n) is 13.6. The Kier molecular flexibility index (Phi) is 23.7. The van der Waals surface area contributed by atoms with Crippen LogP contribution in [-0.4, -0.2) is 144 Å². The molecule has 7 aromatic rings. The summed E-state index contributed by atoms with van der Waals surface area (Å²) in [5, 5.41) is 13.5. The van der Waals surface area contributed by atoms with Crippen LogP contribution < -0.4 is 21.3 Å². The molecule has 4 saturated heterocycles. The quantitative estimate of drug-likeness (QED) is 0.0431. The highest BCUT2D eigenvalue weighted by Gasteiger charge is 2.44. The van der Waals surface area contributed by atoms with Crippen LogP contribution in [0.2, 0.25) is 0 Å². The number of fused-ring (bicyclic) bond motifs is 4. The van der Waals surface area contributed by atoms with Crippen LogP contribution in [0.5, 0.6) is 0 Å². The second kappa shape index (κ2) is 33.9. The van der Waals surface area contributed by atoms with Gasteiger partial charge in [-0.15, -0.1) is 6.42 Å². The minimum absolute atomic E-state index is 0.147. The first kappa shape index (κ1) is 74.1. The van der Waals surface area contributed by atoms with Crippen LogP contribution in [0, 0.1) is 51.4 Å². The zero-order chi connectivity index (χ0) is 74.5. The van der Waals surface area contributed by atoms with Crippen molar-refractivity contribution in [1.29, 1.82) is 0 Å². The van der Waals surface area contributed by atoms with E-state index in [2.05, 4.69) is 116 Å². The van der Waals surface area contributed by atoms with Crippen LogP contribution >= 0.6 is 38.5 Å². The molecule has 538 valence electrons. The van der Waals surface area contributed by atoms with Gasteiger partial charge in [0.1, 0.15) is 29.9 Å². The van der Waals surface area contributed by atoms with Gasteiger partial charge >= 0.3 is 0 Å². The lowest BCUT2D eigenvalue weighted by molar-refractivity contribution is -0.138. The van der Waals surface area contributed by atoms with E-state index in [1.54, 1.807) is 63.9 Å². The Morgan fingerprint density at radius 1 is 0.472 bits per heavy atom. The van der Waals surface area contributed by atoms with Crippen molar-refractivity contribution in [2.45, 2.75) is 160 Å². The first-order valence-corrected chi connectivity index (χ1v) is 36.5. The number of benzene rings is 4. The Bertz CT molecular complexity index is 4980. The molecule has 4 N–H and O–H groups in total. The fourth-order valence-corrected chi connectivity index (χ4v) is 14.5. The Hall–Kier alpha value is -11.6. The minimum atomic E-state index is -0.619. The molecule has 4 atom stereocenters. The zero-order valence-electron chi connectivity index (χ0n) is 57.3. The van der Waals surface area contributed by atoms with E-state index in [-0.39, 0.29) is 78.8 Å². The molecule has 0 aliphatic carbocycles. The molecular formula is C78H70BrIN14O12. The molecule has 3 aromatic heterocycles. The van der Waals surface area contributed by atoms with Gasteiger partial charge in [0.05, 0.1) is 22.4 Å². The van der Waals surface area contributed by atoms with Gasteiger partial charge < -0.3 is 28.7 Å². The summed E-state index contributed by atoms with van der Waals surface area (Å²) in [4.78, 5) is 159. The standard InChI is InChI=1S/C23H20N4O3.C21H19IN4O3.C21H20N4O3.C13H11BrN2O3/c1-2-17-13-26(15-24-17)12-5-3-4-7-16-8-6-9-18-19(16)14-27(23(18)30)20-10-11-21(28)25-22(20)29;22-15-11-23-25(12-15)10-3-1-2-5-14-6-4-7-16-17(14)13-26(21(16)29)18-8-9-19(27)24-20(18)28;26-19-9-8-18(20(27)23-19)25-13-17-15(6-4-7-16(17)21(25)28)5-2-1-3-11-24-12-10-22-14-24;14-9-3-1-2-7-8(9)6-16(13(7)19)10-4-5-11(17)15-12(10)18/h1,6,8-9,13,15,20H,3,5,10-12,14H2,(H,25,28,29);4,6-7,11-12,18H,1,3,8-10,13H2,(H,24,27,28);4,6-7,10,12,14,18H,1,3,8-9,11,13H2,(H,23,26,27);1-3,10H,4-6H2,(H,15,17,18). The third-order valence-corrected chi connectivity index (χ3v) is 20.3. The summed E-state index contributed by atoms with van der Waals surface area (Å²) in [6.45, 7) is 3.88. The predicted octanol–water partition coefficient (Wildman–Crippen LogP) is 6.22.